The standard InChI is InChI=1S/C19H29FN4O.HI/c1-15(25-18-8-4-3-7-17(18)20)13-22-19(21-2)24-12-9-16(14-24)23-10-5-6-11-23;/h3-4,7-8,15-16H,5-6,9-14H2,1-2H3,(H,21,22);1H. The van der Waals surface area contributed by atoms with Gasteiger partial charge in [0.1, 0.15) is 6.10 Å². The van der Waals surface area contributed by atoms with E-state index in [-0.39, 0.29) is 35.9 Å². The van der Waals surface area contributed by atoms with Gasteiger partial charge in [-0.1, -0.05) is 12.1 Å². The third kappa shape index (κ3) is 5.45. The molecule has 3 rings (SSSR count). The van der Waals surface area contributed by atoms with Gasteiger partial charge in [-0.3, -0.25) is 9.89 Å². The predicted octanol–water partition coefficient (Wildman–Crippen LogP) is 2.96. The van der Waals surface area contributed by atoms with Crippen LogP contribution in [0.15, 0.2) is 29.3 Å². The first-order valence-corrected chi connectivity index (χ1v) is 9.28. The normalized spacial score (nSPS) is 22.2. The molecule has 146 valence electrons. The summed E-state index contributed by atoms with van der Waals surface area (Å²) in [4.78, 5) is 9.34. The number of guanidine groups is 1. The lowest BCUT2D eigenvalue weighted by molar-refractivity contribution is 0.212. The van der Waals surface area contributed by atoms with Crippen LogP contribution in [-0.4, -0.2) is 67.7 Å². The highest BCUT2D eigenvalue weighted by Crippen LogP contribution is 2.20. The molecule has 2 aliphatic heterocycles. The van der Waals surface area contributed by atoms with Gasteiger partial charge in [0, 0.05) is 26.2 Å². The second-order valence-electron chi connectivity index (χ2n) is 6.92. The molecule has 2 unspecified atom stereocenters. The molecule has 1 aromatic carbocycles. The van der Waals surface area contributed by atoms with Crippen LogP contribution in [-0.2, 0) is 0 Å². The highest BCUT2D eigenvalue weighted by Gasteiger charge is 2.30. The summed E-state index contributed by atoms with van der Waals surface area (Å²) < 4.78 is 19.4. The maximum absolute atomic E-state index is 13.7. The van der Waals surface area contributed by atoms with Gasteiger partial charge < -0.3 is 15.0 Å². The Morgan fingerprint density at radius 1 is 1.31 bits per heavy atom. The minimum atomic E-state index is -0.327. The fourth-order valence-corrected chi connectivity index (χ4v) is 3.71. The van der Waals surface area contributed by atoms with Crippen LogP contribution in [0.1, 0.15) is 26.2 Å². The monoisotopic (exact) mass is 476 g/mol. The Balaban J connectivity index is 0.00000243. The van der Waals surface area contributed by atoms with Crippen molar-refractivity contribution in [3.8, 4) is 5.75 Å². The zero-order valence-corrected chi connectivity index (χ0v) is 18.0. The Bertz CT molecular complexity index is 595. The Labute approximate surface area is 173 Å². The number of ether oxygens (including phenoxy) is 1. The van der Waals surface area contributed by atoms with Crippen LogP contribution in [0.4, 0.5) is 4.39 Å². The van der Waals surface area contributed by atoms with Crippen LogP contribution >= 0.6 is 24.0 Å². The van der Waals surface area contributed by atoms with E-state index in [1.165, 1.54) is 38.4 Å². The summed E-state index contributed by atoms with van der Waals surface area (Å²) in [7, 11) is 1.81. The van der Waals surface area contributed by atoms with Gasteiger partial charge in [0.2, 0.25) is 0 Å². The number of para-hydroxylation sites is 1. The van der Waals surface area contributed by atoms with Crippen LogP contribution in [0.3, 0.4) is 0 Å². The maximum atomic E-state index is 13.7. The van der Waals surface area contributed by atoms with E-state index in [0.29, 0.717) is 18.3 Å². The number of nitrogens with zero attached hydrogens (tertiary/aromatic N) is 3. The molecule has 0 spiro atoms. The molecule has 7 heteroatoms. The van der Waals surface area contributed by atoms with E-state index < -0.39 is 0 Å². The fourth-order valence-electron chi connectivity index (χ4n) is 3.71. The Morgan fingerprint density at radius 3 is 2.73 bits per heavy atom. The van der Waals surface area contributed by atoms with Gasteiger partial charge in [-0.2, -0.15) is 0 Å². The predicted molar refractivity (Wildman–Crippen MR) is 114 cm³/mol. The molecule has 2 fully saturated rings. The zero-order chi connectivity index (χ0) is 17.6. The van der Waals surface area contributed by atoms with Gasteiger partial charge in [0.05, 0.1) is 6.54 Å². The van der Waals surface area contributed by atoms with E-state index >= 15 is 0 Å². The Morgan fingerprint density at radius 2 is 2.04 bits per heavy atom. The van der Waals surface area contributed by atoms with Crippen molar-refractivity contribution in [3.05, 3.63) is 30.1 Å². The quantitative estimate of drug-likeness (QED) is 0.403. The van der Waals surface area contributed by atoms with Crippen molar-refractivity contribution in [3.63, 3.8) is 0 Å². The highest BCUT2D eigenvalue weighted by molar-refractivity contribution is 14.0. The number of halogens is 2. The van der Waals surface area contributed by atoms with Gasteiger partial charge in [-0.25, -0.2) is 4.39 Å². The third-order valence-electron chi connectivity index (χ3n) is 5.04. The van der Waals surface area contributed by atoms with Crippen molar-refractivity contribution in [1.29, 1.82) is 0 Å². The number of aliphatic imine (C=N–C) groups is 1. The summed E-state index contributed by atoms with van der Waals surface area (Å²) in [5.74, 6) is 0.875. The molecule has 0 aliphatic carbocycles. The van der Waals surface area contributed by atoms with Crippen LogP contribution < -0.4 is 10.1 Å². The summed E-state index contributed by atoms with van der Waals surface area (Å²) in [5.41, 5.74) is 0. The molecule has 0 radical (unpaired) electrons. The first-order valence-electron chi connectivity index (χ1n) is 9.28. The number of hydrogen-bond donors (Lipinski definition) is 1. The Kier molecular flexibility index (Phi) is 8.40. The van der Waals surface area contributed by atoms with Gasteiger partial charge in [-0.05, 0) is 51.4 Å². The summed E-state index contributed by atoms with van der Waals surface area (Å²) >= 11 is 0. The molecule has 2 atom stereocenters. The van der Waals surface area contributed by atoms with Gasteiger partial charge >= 0.3 is 0 Å². The lowest BCUT2D eigenvalue weighted by Gasteiger charge is -2.26. The summed E-state index contributed by atoms with van der Waals surface area (Å²) in [5, 5.41) is 3.37. The molecule has 2 aliphatic rings. The molecule has 0 aromatic heterocycles. The SMILES string of the molecule is CN=C(NCC(C)Oc1ccccc1F)N1CCC(N2CCCC2)C1.I. The summed E-state index contributed by atoms with van der Waals surface area (Å²) in [6.45, 7) is 7.05. The van der Waals surface area contributed by atoms with Crippen molar-refractivity contribution < 1.29 is 9.13 Å². The van der Waals surface area contributed by atoms with E-state index in [0.717, 1.165) is 19.0 Å². The van der Waals surface area contributed by atoms with E-state index in [4.69, 9.17) is 4.74 Å². The second kappa shape index (κ2) is 10.3. The van der Waals surface area contributed by atoms with E-state index in [9.17, 15) is 4.39 Å². The number of rotatable bonds is 5. The molecule has 2 saturated heterocycles. The van der Waals surface area contributed by atoms with Crippen LogP contribution in [0.25, 0.3) is 0 Å². The van der Waals surface area contributed by atoms with Crippen molar-refractivity contribution in [1.82, 2.24) is 15.1 Å². The molecule has 2 heterocycles. The molecule has 1 N–H and O–H groups in total. The molecular weight excluding hydrogens is 446 g/mol. The molecule has 0 amide bonds. The van der Waals surface area contributed by atoms with Crippen LogP contribution in [0, 0.1) is 5.82 Å². The average molecular weight is 476 g/mol. The van der Waals surface area contributed by atoms with Gasteiger partial charge in [0.25, 0.3) is 0 Å². The fraction of sp³-hybridized carbons (Fsp3) is 0.632. The van der Waals surface area contributed by atoms with Crippen LogP contribution in [0.5, 0.6) is 5.75 Å². The minimum Gasteiger partial charge on any atom is -0.486 e. The van der Waals surface area contributed by atoms with E-state index in [1.807, 2.05) is 14.0 Å². The first-order chi connectivity index (χ1) is 12.2. The van der Waals surface area contributed by atoms with Crippen LogP contribution in [0.2, 0.25) is 0 Å². The molecule has 1 aromatic rings. The van der Waals surface area contributed by atoms with Gasteiger partial charge in [-0.15, -0.1) is 24.0 Å². The second-order valence-corrected chi connectivity index (χ2v) is 6.92. The highest BCUT2D eigenvalue weighted by atomic mass is 127. The topological polar surface area (TPSA) is 40.1 Å². The lowest BCUT2D eigenvalue weighted by Crippen LogP contribution is -2.45. The van der Waals surface area contributed by atoms with E-state index in [1.54, 1.807) is 18.2 Å². The molecule has 0 bridgehead atoms. The molecule has 0 saturated carbocycles. The number of hydrogen-bond acceptors (Lipinski definition) is 3. The minimum absolute atomic E-state index is 0. The van der Waals surface area contributed by atoms with Crippen molar-refractivity contribution in [2.45, 2.75) is 38.3 Å². The number of benzene rings is 1. The summed E-state index contributed by atoms with van der Waals surface area (Å²) in [6, 6.07) is 7.16. The lowest BCUT2D eigenvalue weighted by atomic mass is 10.2. The molecule has 5 nitrogen and oxygen atoms in total. The van der Waals surface area contributed by atoms with Crippen molar-refractivity contribution >= 4 is 29.9 Å². The zero-order valence-electron chi connectivity index (χ0n) is 15.7. The first kappa shape index (κ1) is 21.2. The van der Waals surface area contributed by atoms with Gasteiger partial charge in [0.15, 0.2) is 17.5 Å². The number of nitrogens with one attached hydrogen (secondary N) is 1. The largest absolute Gasteiger partial charge is 0.486 e. The average Bonchev–Trinajstić information content (AvgIpc) is 3.29. The van der Waals surface area contributed by atoms with Crippen molar-refractivity contribution in [2.75, 3.05) is 39.8 Å². The third-order valence-corrected chi connectivity index (χ3v) is 5.04. The Hall–Kier alpha value is -1.09. The molecular formula is C19H30FIN4O. The molecule has 26 heavy (non-hydrogen) atoms. The maximum Gasteiger partial charge on any atom is 0.193 e. The van der Waals surface area contributed by atoms with E-state index in [2.05, 4.69) is 20.1 Å². The smallest absolute Gasteiger partial charge is 0.193 e. The number of likely N-dealkylation sites (tertiary alicyclic amines) is 2. The van der Waals surface area contributed by atoms with Crippen molar-refractivity contribution in [2.24, 2.45) is 4.99 Å². The summed E-state index contributed by atoms with van der Waals surface area (Å²) in [6.07, 6.45) is 3.70.